The topological polar surface area (TPSA) is 76.0 Å². The summed E-state index contributed by atoms with van der Waals surface area (Å²) in [6, 6.07) is 6.15. The van der Waals surface area contributed by atoms with Crippen LogP contribution in [0.2, 0.25) is 0 Å². The molecule has 0 amide bonds. The summed E-state index contributed by atoms with van der Waals surface area (Å²) in [6.07, 6.45) is 5.56. The van der Waals surface area contributed by atoms with Gasteiger partial charge in [-0.05, 0) is 31.2 Å². The number of aliphatic imine (C=N–C) groups is 1. The second-order valence-corrected chi connectivity index (χ2v) is 8.14. The third-order valence-electron chi connectivity index (χ3n) is 6.11. The lowest BCUT2D eigenvalue weighted by Gasteiger charge is -2.36. The summed E-state index contributed by atoms with van der Waals surface area (Å²) in [6.45, 7) is 14.8. The van der Waals surface area contributed by atoms with Crippen molar-refractivity contribution in [3.63, 3.8) is 0 Å². The van der Waals surface area contributed by atoms with Gasteiger partial charge in [0, 0.05) is 77.5 Å². The van der Waals surface area contributed by atoms with E-state index >= 15 is 0 Å². The largest absolute Gasteiger partial charge is 0.357 e. The summed E-state index contributed by atoms with van der Waals surface area (Å²) < 4.78 is 0. The van der Waals surface area contributed by atoms with Crippen molar-refractivity contribution in [2.45, 2.75) is 20.4 Å². The highest BCUT2D eigenvalue weighted by Gasteiger charge is 2.21. The number of hydrogen-bond acceptors (Lipinski definition) is 7. The van der Waals surface area contributed by atoms with Crippen molar-refractivity contribution in [1.82, 2.24) is 30.1 Å². The van der Waals surface area contributed by atoms with Crippen LogP contribution in [0.1, 0.15) is 19.4 Å². The molecule has 0 atom stereocenters. The van der Waals surface area contributed by atoms with E-state index in [0.29, 0.717) is 6.54 Å². The standard InChI is InChI=1S/C23H35N9.HI/c1-3-24-22(31-14-16-32(17-15-31)23-25-8-5-9-26-23)28-19-20-6-7-21(27-18-20)30-12-10-29(4-2)11-13-30;/h5-9,18H,3-4,10-17,19H2,1-2H3,(H,24,28);1H. The van der Waals surface area contributed by atoms with E-state index in [4.69, 9.17) is 9.98 Å². The van der Waals surface area contributed by atoms with Crippen LogP contribution in [0.4, 0.5) is 11.8 Å². The third kappa shape index (κ3) is 6.89. The van der Waals surface area contributed by atoms with Gasteiger partial charge in [0.15, 0.2) is 5.96 Å². The van der Waals surface area contributed by atoms with Crippen LogP contribution in [0.3, 0.4) is 0 Å². The summed E-state index contributed by atoms with van der Waals surface area (Å²) in [5.74, 6) is 2.83. The molecule has 0 unspecified atom stereocenters. The molecule has 0 radical (unpaired) electrons. The molecular weight excluding hydrogens is 529 g/mol. The summed E-state index contributed by atoms with van der Waals surface area (Å²) in [5.41, 5.74) is 1.13. The number of halogens is 1. The van der Waals surface area contributed by atoms with Crippen molar-refractivity contribution in [3.8, 4) is 0 Å². The van der Waals surface area contributed by atoms with Gasteiger partial charge in [-0.2, -0.15) is 0 Å². The number of nitrogens with zero attached hydrogens (tertiary/aromatic N) is 8. The molecule has 2 fully saturated rings. The summed E-state index contributed by atoms with van der Waals surface area (Å²) in [7, 11) is 0. The van der Waals surface area contributed by atoms with E-state index in [1.165, 1.54) is 0 Å². The molecule has 10 heteroatoms. The van der Waals surface area contributed by atoms with Crippen LogP contribution in [-0.4, -0.2) is 96.2 Å². The molecule has 2 aliphatic heterocycles. The fraction of sp³-hybridized carbons (Fsp3) is 0.565. The Morgan fingerprint density at radius 3 is 2.21 bits per heavy atom. The van der Waals surface area contributed by atoms with Gasteiger partial charge in [0.2, 0.25) is 5.95 Å². The van der Waals surface area contributed by atoms with Crippen LogP contribution < -0.4 is 15.1 Å². The van der Waals surface area contributed by atoms with Crippen molar-refractivity contribution in [1.29, 1.82) is 0 Å². The molecule has 0 bridgehead atoms. The Bertz CT molecular complexity index is 846. The molecule has 2 aromatic heterocycles. The van der Waals surface area contributed by atoms with Crippen LogP contribution in [0, 0.1) is 0 Å². The third-order valence-corrected chi connectivity index (χ3v) is 6.11. The first-order chi connectivity index (χ1) is 15.8. The van der Waals surface area contributed by atoms with Gasteiger partial charge in [-0.15, -0.1) is 24.0 Å². The van der Waals surface area contributed by atoms with Gasteiger partial charge in [0.1, 0.15) is 5.82 Å². The minimum atomic E-state index is 0. The Morgan fingerprint density at radius 2 is 1.61 bits per heavy atom. The van der Waals surface area contributed by atoms with Gasteiger partial charge in [0.05, 0.1) is 6.54 Å². The Hall–Kier alpha value is -2.21. The van der Waals surface area contributed by atoms with Gasteiger partial charge >= 0.3 is 0 Å². The Labute approximate surface area is 214 Å². The van der Waals surface area contributed by atoms with Crippen molar-refractivity contribution >= 4 is 41.7 Å². The molecule has 180 valence electrons. The van der Waals surface area contributed by atoms with Crippen molar-refractivity contribution < 1.29 is 0 Å². The zero-order valence-corrected chi connectivity index (χ0v) is 22.1. The minimum Gasteiger partial charge on any atom is -0.357 e. The first kappa shape index (κ1) is 25.4. The predicted molar refractivity (Wildman–Crippen MR) is 145 cm³/mol. The zero-order chi connectivity index (χ0) is 22.2. The average molecular weight is 566 g/mol. The van der Waals surface area contributed by atoms with Crippen LogP contribution in [0.25, 0.3) is 0 Å². The molecule has 4 heterocycles. The first-order valence-electron chi connectivity index (χ1n) is 11.7. The number of likely N-dealkylation sites (N-methyl/N-ethyl adjacent to an activating group) is 1. The molecule has 2 aromatic rings. The Morgan fingerprint density at radius 1 is 0.909 bits per heavy atom. The molecular formula is C23H36IN9. The monoisotopic (exact) mass is 565 g/mol. The van der Waals surface area contributed by atoms with E-state index in [1.807, 2.05) is 12.3 Å². The second kappa shape index (κ2) is 12.9. The normalized spacial score (nSPS) is 17.6. The molecule has 33 heavy (non-hydrogen) atoms. The lowest BCUT2D eigenvalue weighted by atomic mass is 10.2. The Balaban J connectivity index is 0.00000306. The number of pyridine rings is 1. The number of rotatable bonds is 6. The summed E-state index contributed by atoms with van der Waals surface area (Å²) in [4.78, 5) is 27.7. The van der Waals surface area contributed by atoms with E-state index in [1.54, 1.807) is 12.4 Å². The molecule has 2 saturated heterocycles. The number of piperazine rings is 2. The van der Waals surface area contributed by atoms with Crippen molar-refractivity contribution in [2.75, 3.05) is 75.2 Å². The Kier molecular flexibility index (Phi) is 9.92. The lowest BCUT2D eigenvalue weighted by molar-refractivity contribution is 0.270. The molecule has 4 rings (SSSR count). The number of aromatic nitrogens is 3. The zero-order valence-electron chi connectivity index (χ0n) is 19.7. The summed E-state index contributed by atoms with van der Waals surface area (Å²) in [5, 5.41) is 3.44. The van der Waals surface area contributed by atoms with Gasteiger partial charge in [0.25, 0.3) is 0 Å². The molecule has 0 aliphatic carbocycles. The maximum Gasteiger partial charge on any atom is 0.225 e. The molecule has 0 saturated carbocycles. The molecule has 9 nitrogen and oxygen atoms in total. The molecule has 1 N–H and O–H groups in total. The fourth-order valence-electron chi connectivity index (χ4n) is 4.16. The van der Waals surface area contributed by atoms with E-state index in [0.717, 1.165) is 88.7 Å². The van der Waals surface area contributed by atoms with Gasteiger partial charge < -0.3 is 24.9 Å². The van der Waals surface area contributed by atoms with Crippen molar-refractivity contribution in [3.05, 3.63) is 42.4 Å². The lowest BCUT2D eigenvalue weighted by Crippen LogP contribution is -2.52. The number of guanidine groups is 1. The van der Waals surface area contributed by atoms with Crippen LogP contribution in [-0.2, 0) is 6.54 Å². The van der Waals surface area contributed by atoms with Gasteiger partial charge in [-0.25, -0.2) is 19.9 Å². The quantitative estimate of drug-likeness (QED) is 0.324. The molecule has 0 aromatic carbocycles. The molecule has 2 aliphatic rings. The SMILES string of the molecule is CCNC(=NCc1ccc(N2CCN(CC)CC2)nc1)N1CCN(c2ncccn2)CC1.I. The maximum atomic E-state index is 4.89. The van der Waals surface area contributed by atoms with Gasteiger partial charge in [-0.3, -0.25) is 0 Å². The van der Waals surface area contributed by atoms with Crippen molar-refractivity contribution in [2.24, 2.45) is 4.99 Å². The number of hydrogen-bond donors (Lipinski definition) is 1. The van der Waals surface area contributed by atoms with E-state index in [2.05, 4.69) is 60.9 Å². The average Bonchev–Trinajstić information content (AvgIpc) is 2.87. The number of anilines is 2. The highest BCUT2D eigenvalue weighted by Crippen LogP contribution is 2.15. The highest BCUT2D eigenvalue weighted by molar-refractivity contribution is 14.0. The van der Waals surface area contributed by atoms with E-state index in [9.17, 15) is 0 Å². The molecule has 0 spiro atoms. The fourth-order valence-corrected chi connectivity index (χ4v) is 4.16. The van der Waals surface area contributed by atoms with E-state index < -0.39 is 0 Å². The van der Waals surface area contributed by atoms with Gasteiger partial charge in [-0.1, -0.05) is 13.0 Å². The van der Waals surface area contributed by atoms with Crippen LogP contribution in [0.5, 0.6) is 0 Å². The van der Waals surface area contributed by atoms with Crippen LogP contribution in [0.15, 0.2) is 41.8 Å². The summed E-state index contributed by atoms with van der Waals surface area (Å²) >= 11 is 0. The predicted octanol–water partition coefficient (Wildman–Crippen LogP) is 1.92. The minimum absolute atomic E-state index is 0. The smallest absolute Gasteiger partial charge is 0.225 e. The highest BCUT2D eigenvalue weighted by atomic mass is 127. The van der Waals surface area contributed by atoms with Crippen LogP contribution >= 0.6 is 24.0 Å². The van der Waals surface area contributed by atoms with E-state index in [-0.39, 0.29) is 24.0 Å². The first-order valence-corrected chi connectivity index (χ1v) is 11.7. The maximum absolute atomic E-state index is 4.89. The second-order valence-electron chi connectivity index (χ2n) is 8.14. The number of nitrogens with one attached hydrogen (secondary N) is 1.